The summed E-state index contributed by atoms with van der Waals surface area (Å²) in [6.45, 7) is 4.48. The molecule has 8 heteroatoms. The van der Waals surface area contributed by atoms with Gasteiger partial charge in [-0.15, -0.1) is 23.1 Å². The summed E-state index contributed by atoms with van der Waals surface area (Å²) in [4.78, 5) is 15.8. The molecule has 1 aromatic heterocycles. The molecule has 0 unspecified atom stereocenters. The van der Waals surface area contributed by atoms with Gasteiger partial charge in [-0.3, -0.25) is 4.79 Å². The Morgan fingerprint density at radius 3 is 2.80 bits per heavy atom. The zero-order chi connectivity index (χ0) is 18.0. The fourth-order valence-corrected chi connectivity index (χ4v) is 5.67. The Labute approximate surface area is 156 Å². The maximum absolute atomic E-state index is 12.6. The highest BCUT2D eigenvalue weighted by atomic mass is 32.2. The SMILES string of the molecule is CC(=O)N1CCSc2ccc(S(=O)(=O)NCCc3sccc3C)cc21. The zero-order valence-corrected chi connectivity index (χ0v) is 16.6. The Morgan fingerprint density at radius 2 is 2.12 bits per heavy atom. The van der Waals surface area contributed by atoms with E-state index >= 15 is 0 Å². The molecule has 0 saturated carbocycles. The average molecular weight is 397 g/mol. The quantitative estimate of drug-likeness (QED) is 0.844. The van der Waals surface area contributed by atoms with E-state index in [2.05, 4.69) is 4.72 Å². The van der Waals surface area contributed by atoms with Gasteiger partial charge in [0.25, 0.3) is 0 Å². The van der Waals surface area contributed by atoms with Crippen LogP contribution in [0.1, 0.15) is 17.4 Å². The topological polar surface area (TPSA) is 66.5 Å². The summed E-state index contributed by atoms with van der Waals surface area (Å²) in [6.07, 6.45) is 0.670. The van der Waals surface area contributed by atoms with Crippen LogP contribution in [0.4, 0.5) is 5.69 Å². The van der Waals surface area contributed by atoms with Gasteiger partial charge in [0.15, 0.2) is 0 Å². The minimum atomic E-state index is -3.60. The lowest BCUT2D eigenvalue weighted by molar-refractivity contribution is -0.116. The van der Waals surface area contributed by atoms with Crippen molar-refractivity contribution in [3.63, 3.8) is 0 Å². The number of carbonyl (C=O) groups is 1. The summed E-state index contributed by atoms with van der Waals surface area (Å²) >= 11 is 3.28. The Bertz CT molecular complexity index is 890. The van der Waals surface area contributed by atoms with E-state index in [1.165, 1.54) is 17.4 Å². The smallest absolute Gasteiger partial charge is 0.240 e. The van der Waals surface area contributed by atoms with Gasteiger partial charge in [0.1, 0.15) is 0 Å². The summed E-state index contributed by atoms with van der Waals surface area (Å²) in [7, 11) is -3.60. The van der Waals surface area contributed by atoms with Crippen molar-refractivity contribution in [1.29, 1.82) is 0 Å². The van der Waals surface area contributed by atoms with Gasteiger partial charge in [-0.05, 0) is 48.6 Å². The molecule has 1 N–H and O–H groups in total. The van der Waals surface area contributed by atoms with E-state index in [0.29, 0.717) is 25.2 Å². The number of carbonyl (C=O) groups excluding carboxylic acids is 1. The van der Waals surface area contributed by atoms with E-state index in [0.717, 1.165) is 10.6 Å². The van der Waals surface area contributed by atoms with E-state index in [9.17, 15) is 13.2 Å². The number of fused-ring (bicyclic) bond motifs is 1. The number of sulfonamides is 1. The molecule has 2 aromatic rings. The van der Waals surface area contributed by atoms with E-state index in [1.807, 2.05) is 18.4 Å². The molecule has 0 fully saturated rings. The standard InChI is InChI=1S/C17H20N2O3S3/c1-12-6-9-23-16(12)5-7-18-25(21,22)14-3-4-17-15(11-14)19(13(2)20)8-10-24-17/h3-4,6,9,11,18H,5,7-8,10H2,1-2H3. The zero-order valence-electron chi connectivity index (χ0n) is 14.1. The average Bonchev–Trinajstić information content (AvgIpc) is 2.98. The number of hydrogen-bond donors (Lipinski definition) is 1. The van der Waals surface area contributed by atoms with Gasteiger partial charge in [-0.25, -0.2) is 13.1 Å². The molecular weight excluding hydrogens is 376 g/mol. The van der Waals surface area contributed by atoms with Crippen molar-refractivity contribution in [2.24, 2.45) is 0 Å². The summed E-state index contributed by atoms with van der Waals surface area (Å²) < 4.78 is 27.8. The van der Waals surface area contributed by atoms with Crippen LogP contribution in [0.25, 0.3) is 0 Å². The van der Waals surface area contributed by atoms with Gasteiger partial charge in [-0.2, -0.15) is 0 Å². The third-order valence-electron chi connectivity index (χ3n) is 4.10. The van der Waals surface area contributed by atoms with E-state index < -0.39 is 10.0 Å². The van der Waals surface area contributed by atoms with Crippen molar-refractivity contribution in [1.82, 2.24) is 4.72 Å². The maximum Gasteiger partial charge on any atom is 0.240 e. The first-order valence-corrected chi connectivity index (χ1v) is 11.3. The molecule has 0 atom stereocenters. The fraction of sp³-hybridized carbons (Fsp3) is 0.353. The van der Waals surface area contributed by atoms with Crippen LogP contribution < -0.4 is 9.62 Å². The van der Waals surface area contributed by atoms with Gasteiger partial charge in [0.05, 0.1) is 10.6 Å². The minimum absolute atomic E-state index is 0.0720. The number of nitrogens with zero attached hydrogens (tertiary/aromatic N) is 1. The summed E-state index contributed by atoms with van der Waals surface area (Å²) in [5.74, 6) is 0.745. The van der Waals surface area contributed by atoms with Crippen molar-refractivity contribution in [3.8, 4) is 0 Å². The Balaban J connectivity index is 1.77. The Hall–Kier alpha value is -1.35. The molecule has 1 amide bonds. The number of amides is 1. The largest absolute Gasteiger partial charge is 0.311 e. The summed E-state index contributed by atoms with van der Waals surface area (Å²) in [5.41, 5.74) is 1.87. The molecule has 2 heterocycles. The highest BCUT2D eigenvalue weighted by Crippen LogP contribution is 2.36. The molecule has 134 valence electrons. The van der Waals surface area contributed by atoms with Crippen molar-refractivity contribution in [3.05, 3.63) is 40.1 Å². The molecular formula is C17H20N2O3S3. The van der Waals surface area contributed by atoms with Crippen LogP contribution in [0.3, 0.4) is 0 Å². The molecule has 1 aliphatic rings. The fourth-order valence-electron chi connectivity index (χ4n) is 2.73. The monoisotopic (exact) mass is 396 g/mol. The predicted molar refractivity (Wildman–Crippen MR) is 103 cm³/mol. The number of benzene rings is 1. The highest BCUT2D eigenvalue weighted by molar-refractivity contribution is 7.99. The highest BCUT2D eigenvalue weighted by Gasteiger charge is 2.23. The van der Waals surface area contributed by atoms with E-state index in [1.54, 1.807) is 46.2 Å². The molecule has 1 aliphatic heterocycles. The second kappa shape index (κ2) is 7.49. The summed E-state index contributed by atoms with van der Waals surface area (Å²) in [5, 5.41) is 2.01. The number of hydrogen-bond acceptors (Lipinski definition) is 5. The number of thioether (sulfide) groups is 1. The van der Waals surface area contributed by atoms with E-state index in [4.69, 9.17) is 0 Å². The first-order chi connectivity index (χ1) is 11.9. The molecule has 0 saturated heterocycles. The van der Waals surface area contributed by atoms with Crippen LogP contribution in [0.5, 0.6) is 0 Å². The van der Waals surface area contributed by atoms with Crippen molar-refractivity contribution in [2.45, 2.75) is 30.1 Å². The molecule has 25 heavy (non-hydrogen) atoms. The van der Waals surface area contributed by atoms with Crippen LogP contribution in [-0.2, 0) is 21.2 Å². The van der Waals surface area contributed by atoms with Crippen LogP contribution in [0.15, 0.2) is 39.4 Å². The number of nitrogens with one attached hydrogen (secondary N) is 1. The van der Waals surface area contributed by atoms with Crippen LogP contribution >= 0.6 is 23.1 Å². The Morgan fingerprint density at radius 1 is 1.32 bits per heavy atom. The molecule has 0 spiro atoms. The second-order valence-electron chi connectivity index (χ2n) is 5.82. The molecule has 5 nitrogen and oxygen atoms in total. The first-order valence-electron chi connectivity index (χ1n) is 7.96. The van der Waals surface area contributed by atoms with Crippen LogP contribution in [0.2, 0.25) is 0 Å². The van der Waals surface area contributed by atoms with Crippen LogP contribution in [0, 0.1) is 6.92 Å². The number of rotatable bonds is 5. The normalized spacial score (nSPS) is 14.4. The first kappa shape index (κ1) is 18.4. The van der Waals surface area contributed by atoms with Crippen LogP contribution in [-0.4, -0.2) is 33.2 Å². The van der Waals surface area contributed by atoms with Gasteiger partial charge in [-0.1, -0.05) is 0 Å². The summed E-state index contributed by atoms with van der Waals surface area (Å²) in [6, 6.07) is 7.02. The van der Waals surface area contributed by atoms with Gasteiger partial charge in [0.2, 0.25) is 15.9 Å². The Kier molecular flexibility index (Phi) is 5.52. The van der Waals surface area contributed by atoms with Gasteiger partial charge < -0.3 is 4.90 Å². The third-order valence-corrected chi connectivity index (χ3v) is 7.68. The molecule has 0 bridgehead atoms. The van der Waals surface area contributed by atoms with E-state index in [-0.39, 0.29) is 10.8 Å². The van der Waals surface area contributed by atoms with Gasteiger partial charge >= 0.3 is 0 Å². The lowest BCUT2D eigenvalue weighted by Gasteiger charge is -2.28. The minimum Gasteiger partial charge on any atom is -0.311 e. The predicted octanol–water partition coefficient (Wildman–Crippen LogP) is 3.04. The third kappa shape index (κ3) is 4.08. The number of aryl methyl sites for hydroxylation is 1. The number of thiophene rings is 1. The molecule has 0 radical (unpaired) electrons. The van der Waals surface area contributed by atoms with Crippen molar-refractivity contribution in [2.75, 3.05) is 23.7 Å². The molecule has 0 aliphatic carbocycles. The second-order valence-corrected chi connectivity index (χ2v) is 9.73. The van der Waals surface area contributed by atoms with Crippen molar-refractivity contribution >= 4 is 44.7 Å². The maximum atomic E-state index is 12.6. The van der Waals surface area contributed by atoms with Gasteiger partial charge in [0, 0.05) is 35.5 Å². The molecule has 3 rings (SSSR count). The van der Waals surface area contributed by atoms with Crippen molar-refractivity contribution < 1.29 is 13.2 Å². The lowest BCUT2D eigenvalue weighted by atomic mass is 10.2. The molecule has 1 aromatic carbocycles. The lowest BCUT2D eigenvalue weighted by Crippen LogP contribution is -2.34. The number of anilines is 1.